The van der Waals surface area contributed by atoms with E-state index in [1.165, 1.54) is 18.4 Å². The fraction of sp³-hybridized carbons (Fsp3) is 0.692. The maximum atomic E-state index is 5.64. The van der Waals surface area contributed by atoms with E-state index < -0.39 is 0 Å². The normalized spacial score (nSPS) is 21.9. The molecule has 1 fully saturated rings. The Hall–Kier alpha value is -0.840. The lowest BCUT2D eigenvalue weighted by Gasteiger charge is -2.32. The lowest BCUT2D eigenvalue weighted by atomic mass is 9.98. The summed E-state index contributed by atoms with van der Waals surface area (Å²) in [5.41, 5.74) is 6.87. The molecule has 1 atom stereocenters. The maximum Gasteiger partial charge on any atom is 0.121 e. The van der Waals surface area contributed by atoms with E-state index in [1.54, 1.807) is 13.4 Å². The minimum atomic E-state index is 0.484. The molecular formula is C13H22N2O2. The maximum absolute atomic E-state index is 5.64. The van der Waals surface area contributed by atoms with E-state index in [-0.39, 0.29) is 0 Å². The minimum absolute atomic E-state index is 0.484. The Kier molecular flexibility index (Phi) is 4.59. The van der Waals surface area contributed by atoms with E-state index in [0.29, 0.717) is 12.5 Å². The fourth-order valence-electron chi connectivity index (χ4n) is 2.59. The molecule has 17 heavy (non-hydrogen) atoms. The average molecular weight is 238 g/mol. The summed E-state index contributed by atoms with van der Waals surface area (Å²) >= 11 is 0. The van der Waals surface area contributed by atoms with Crippen molar-refractivity contribution in [2.24, 2.45) is 11.7 Å². The number of furan rings is 1. The second-order valence-corrected chi connectivity index (χ2v) is 4.77. The molecule has 1 aliphatic rings. The molecule has 0 aliphatic carbocycles. The van der Waals surface area contributed by atoms with Gasteiger partial charge < -0.3 is 14.9 Å². The van der Waals surface area contributed by atoms with Crippen molar-refractivity contribution in [3.05, 3.63) is 23.7 Å². The van der Waals surface area contributed by atoms with Crippen LogP contribution in [0.1, 0.15) is 24.2 Å². The van der Waals surface area contributed by atoms with Crippen molar-refractivity contribution >= 4 is 0 Å². The van der Waals surface area contributed by atoms with Crippen LogP contribution in [-0.4, -0.2) is 31.7 Å². The first-order valence-electron chi connectivity index (χ1n) is 6.30. The molecule has 1 saturated heterocycles. The van der Waals surface area contributed by atoms with Crippen LogP contribution in [0.5, 0.6) is 0 Å². The summed E-state index contributed by atoms with van der Waals surface area (Å²) in [4.78, 5) is 2.47. The number of hydrogen-bond acceptors (Lipinski definition) is 4. The summed E-state index contributed by atoms with van der Waals surface area (Å²) in [6, 6.07) is 2.03. The molecule has 2 rings (SSSR count). The fourth-order valence-corrected chi connectivity index (χ4v) is 2.59. The number of hydrogen-bond donors (Lipinski definition) is 1. The number of methoxy groups -OCH3 is 1. The molecule has 0 saturated carbocycles. The lowest BCUT2D eigenvalue weighted by Crippen LogP contribution is -2.36. The van der Waals surface area contributed by atoms with Crippen LogP contribution in [0.2, 0.25) is 0 Å². The van der Waals surface area contributed by atoms with E-state index in [2.05, 4.69) is 4.90 Å². The third-order valence-corrected chi connectivity index (χ3v) is 3.42. The van der Waals surface area contributed by atoms with Gasteiger partial charge in [0.15, 0.2) is 0 Å². The van der Waals surface area contributed by atoms with E-state index in [1.807, 2.05) is 6.07 Å². The monoisotopic (exact) mass is 238 g/mol. The zero-order valence-corrected chi connectivity index (χ0v) is 10.5. The molecule has 1 unspecified atom stereocenters. The Bertz CT molecular complexity index is 336. The molecule has 0 bridgehead atoms. The standard InChI is InChI=1S/C13H22N2O2/c1-16-10-11-3-2-5-15(8-11)9-12-4-6-17-13(12)7-14/h4,6,11H,2-3,5,7-10,14H2,1H3. The summed E-state index contributed by atoms with van der Waals surface area (Å²) in [5, 5.41) is 0. The summed E-state index contributed by atoms with van der Waals surface area (Å²) in [5.74, 6) is 1.58. The van der Waals surface area contributed by atoms with Gasteiger partial charge in [-0.05, 0) is 31.4 Å². The van der Waals surface area contributed by atoms with Crippen molar-refractivity contribution in [3.63, 3.8) is 0 Å². The highest BCUT2D eigenvalue weighted by atomic mass is 16.5. The number of ether oxygens (including phenoxy) is 1. The predicted molar refractivity (Wildman–Crippen MR) is 66.5 cm³/mol. The Labute approximate surface area is 103 Å². The van der Waals surface area contributed by atoms with Crippen LogP contribution in [-0.2, 0) is 17.8 Å². The number of nitrogens with zero attached hydrogens (tertiary/aromatic N) is 1. The van der Waals surface area contributed by atoms with Crippen molar-refractivity contribution in [1.29, 1.82) is 0 Å². The van der Waals surface area contributed by atoms with E-state index in [4.69, 9.17) is 14.9 Å². The zero-order chi connectivity index (χ0) is 12.1. The van der Waals surface area contributed by atoms with Gasteiger partial charge in [-0.2, -0.15) is 0 Å². The van der Waals surface area contributed by atoms with Crippen LogP contribution in [0, 0.1) is 5.92 Å². The topological polar surface area (TPSA) is 51.6 Å². The Morgan fingerprint density at radius 1 is 1.59 bits per heavy atom. The van der Waals surface area contributed by atoms with Crippen LogP contribution in [0.25, 0.3) is 0 Å². The highest BCUT2D eigenvalue weighted by Crippen LogP contribution is 2.20. The van der Waals surface area contributed by atoms with Gasteiger partial charge in [0.25, 0.3) is 0 Å². The molecule has 2 heterocycles. The Morgan fingerprint density at radius 2 is 2.47 bits per heavy atom. The second-order valence-electron chi connectivity index (χ2n) is 4.77. The molecular weight excluding hydrogens is 216 g/mol. The molecule has 0 aromatic carbocycles. The molecule has 0 spiro atoms. The molecule has 96 valence electrons. The third kappa shape index (κ3) is 3.31. The van der Waals surface area contributed by atoms with Gasteiger partial charge >= 0.3 is 0 Å². The van der Waals surface area contributed by atoms with Gasteiger partial charge in [-0.15, -0.1) is 0 Å². The summed E-state index contributed by atoms with van der Waals surface area (Å²) < 4.78 is 10.6. The highest BCUT2D eigenvalue weighted by molar-refractivity contribution is 5.16. The Balaban J connectivity index is 1.90. The largest absolute Gasteiger partial charge is 0.468 e. The molecule has 2 N–H and O–H groups in total. The van der Waals surface area contributed by atoms with E-state index >= 15 is 0 Å². The summed E-state index contributed by atoms with van der Waals surface area (Å²) in [6.07, 6.45) is 4.26. The van der Waals surface area contributed by atoms with Crippen LogP contribution < -0.4 is 5.73 Å². The SMILES string of the molecule is COCC1CCCN(Cc2ccoc2CN)C1. The smallest absolute Gasteiger partial charge is 0.121 e. The van der Waals surface area contributed by atoms with Gasteiger partial charge in [0.05, 0.1) is 19.4 Å². The Morgan fingerprint density at radius 3 is 3.24 bits per heavy atom. The molecule has 4 heteroatoms. The van der Waals surface area contributed by atoms with Crippen LogP contribution >= 0.6 is 0 Å². The third-order valence-electron chi connectivity index (χ3n) is 3.42. The first-order valence-corrected chi connectivity index (χ1v) is 6.30. The first kappa shape index (κ1) is 12.6. The van der Waals surface area contributed by atoms with Gasteiger partial charge in [-0.1, -0.05) is 0 Å². The van der Waals surface area contributed by atoms with Crippen molar-refractivity contribution in [1.82, 2.24) is 4.90 Å². The first-order chi connectivity index (χ1) is 8.33. The van der Waals surface area contributed by atoms with Gasteiger partial charge in [0.2, 0.25) is 0 Å². The molecule has 0 amide bonds. The minimum Gasteiger partial charge on any atom is -0.468 e. The molecule has 1 aliphatic heterocycles. The number of likely N-dealkylation sites (tertiary alicyclic amines) is 1. The second kappa shape index (κ2) is 6.19. The molecule has 0 radical (unpaired) electrons. The average Bonchev–Trinajstić information content (AvgIpc) is 2.77. The van der Waals surface area contributed by atoms with Crippen molar-refractivity contribution in [2.45, 2.75) is 25.9 Å². The summed E-state index contributed by atoms with van der Waals surface area (Å²) in [6.45, 7) is 4.57. The quantitative estimate of drug-likeness (QED) is 0.846. The highest BCUT2D eigenvalue weighted by Gasteiger charge is 2.20. The van der Waals surface area contributed by atoms with E-state index in [9.17, 15) is 0 Å². The van der Waals surface area contributed by atoms with Gasteiger partial charge in [-0.25, -0.2) is 0 Å². The van der Waals surface area contributed by atoms with Crippen LogP contribution in [0.3, 0.4) is 0 Å². The van der Waals surface area contributed by atoms with Crippen LogP contribution in [0.4, 0.5) is 0 Å². The summed E-state index contributed by atoms with van der Waals surface area (Å²) in [7, 11) is 1.78. The number of rotatable bonds is 5. The van der Waals surface area contributed by atoms with Gasteiger partial charge in [-0.3, -0.25) is 4.90 Å². The van der Waals surface area contributed by atoms with Gasteiger partial charge in [0.1, 0.15) is 5.76 Å². The van der Waals surface area contributed by atoms with Crippen molar-refractivity contribution < 1.29 is 9.15 Å². The van der Waals surface area contributed by atoms with Crippen molar-refractivity contribution in [2.75, 3.05) is 26.8 Å². The molecule has 4 nitrogen and oxygen atoms in total. The number of piperidine rings is 1. The van der Waals surface area contributed by atoms with Crippen molar-refractivity contribution in [3.8, 4) is 0 Å². The predicted octanol–water partition coefficient (Wildman–Crippen LogP) is 1.60. The van der Waals surface area contributed by atoms with Crippen LogP contribution in [0.15, 0.2) is 16.7 Å². The zero-order valence-electron chi connectivity index (χ0n) is 10.5. The molecule has 1 aromatic rings. The molecule has 1 aromatic heterocycles. The van der Waals surface area contributed by atoms with Gasteiger partial charge in [0, 0.05) is 25.8 Å². The number of nitrogens with two attached hydrogens (primary N) is 1. The van der Waals surface area contributed by atoms with E-state index in [0.717, 1.165) is 32.0 Å². The lowest BCUT2D eigenvalue weighted by molar-refractivity contribution is 0.0871.